The minimum atomic E-state index is -4.50. The van der Waals surface area contributed by atoms with Gasteiger partial charge in [0.1, 0.15) is 6.04 Å². The number of para-hydroxylation sites is 1. The molecule has 0 aliphatic carbocycles. The number of alkyl halides is 3. The number of rotatable bonds is 7. The monoisotopic (exact) mass is 379 g/mol. The number of carbonyl (C=O) groups excluding carboxylic acids is 1. The van der Waals surface area contributed by atoms with Crippen molar-refractivity contribution in [1.29, 1.82) is 0 Å². The molecule has 2 rings (SSSR count). The Morgan fingerprint density at radius 1 is 1.07 bits per heavy atom. The number of carbonyl (C=O) groups is 1. The molecule has 27 heavy (non-hydrogen) atoms. The Morgan fingerprint density at radius 3 is 2.26 bits per heavy atom. The first-order valence-electron chi connectivity index (χ1n) is 9.10. The van der Waals surface area contributed by atoms with Crippen molar-refractivity contribution in [3.63, 3.8) is 0 Å². The normalized spacial score (nSPS) is 12.9. The molecule has 3 nitrogen and oxygen atoms in total. The van der Waals surface area contributed by atoms with Gasteiger partial charge in [-0.2, -0.15) is 13.2 Å². The number of aryl methyl sites for hydroxylation is 1. The third kappa shape index (κ3) is 5.82. The van der Waals surface area contributed by atoms with Crippen LogP contribution >= 0.6 is 0 Å². The highest BCUT2D eigenvalue weighted by molar-refractivity contribution is 5.92. The molecular formula is C21H26F3N2O+. The molecule has 0 saturated carbocycles. The summed E-state index contributed by atoms with van der Waals surface area (Å²) in [6, 6.07) is 13.3. The number of quaternary nitrogens is 1. The van der Waals surface area contributed by atoms with E-state index in [-0.39, 0.29) is 24.2 Å². The molecule has 0 saturated heterocycles. The lowest BCUT2D eigenvalue weighted by atomic mass is 9.95. The molecule has 2 aromatic carbocycles. The Labute approximate surface area is 158 Å². The van der Waals surface area contributed by atoms with Gasteiger partial charge in [-0.25, -0.2) is 0 Å². The van der Waals surface area contributed by atoms with E-state index in [9.17, 15) is 18.0 Å². The van der Waals surface area contributed by atoms with Crippen LogP contribution in [-0.4, -0.2) is 12.5 Å². The summed E-state index contributed by atoms with van der Waals surface area (Å²) in [6.07, 6.45) is -3.55. The van der Waals surface area contributed by atoms with Crippen LogP contribution in [0.15, 0.2) is 48.5 Å². The molecular weight excluding hydrogens is 353 g/mol. The molecule has 146 valence electrons. The standard InChI is InChI=1S/C21H25F3N2O/c1-4-15-9-11-16(12-10-15)20(14(2)3)25-13-19(27)26-18-8-6-5-7-17(18)21(22,23)24/h5-12,14,20,25H,4,13H2,1-3H3,(H,26,27)/p+1/t20-/m1/s1. The first kappa shape index (κ1) is 21.0. The fourth-order valence-corrected chi connectivity index (χ4v) is 3.04. The predicted octanol–water partition coefficient (Wildman–Crippen LogP) is 4.17. The van der Waals surface area contributed by atoms with Crippen molar-refractivity contribution in [3.8, 4) is 0 Å². The minimum absolute atomic E-state index is 0.0462. The summed E-state index contributed by atoms with van der Waals surface area (Å²) in [5, 5.41) is 4.26. The highest BCUT2D eigenvalue weighted by atomic mass is 19.4. The predicted molar refractivity (Wildman–Crippen MR) is 100 cm³/mol. The second-order valence-corrected chi connectivity index (χ2v) is 6.90. The minimum Gasteiger partial charge on any atom is -0.332 e. The average Bonchev–Trinajstić information content (AvgIpc) is 2.61. The smallest absolute Gasteiger partial charge is 0.332 e. The number of nitrogens with two attached hydrogens (primary N) is 1. The van der Waals surface area contributed by atoms with Gasteiger partial charge in [0.05, 0.1) is 11.3 Å². The molecule has 6 heteroatoms. The molecule has 0 heterocycles. The van der Waals surface area contributed by atoms with Crippen molar-refractivity contribution < 1.29 is 23.3 Å². The summed E-state index contributed by atoms with van der Waals surface area (Å²) in [4.78, 5) is 12.2. The molecule has 0 radical (unpaired) electrons. The van der Waals surface area contributed by atoms with Crippen LogP contribution in [0.5, 0.6) is 0 Å². The van der Waals surface area contributed by atoms with Gasteiger partial charge in [0.25, 0.3) is 5.91 Å². The maximum absolute atomic E-state index is 13.0. The van der Waals surface area contributed by atoms with Crippen molar-refractivity contribution in [1.82, 2.24) is 0 Å². The number of nitrogens with one attached hydrogen (secondary N) is 1. The maximum Gasteiger partial charge on any atom is 0.418 e. The average molecular weight is 379 g/mol. The zero-order valence-electron chi connectivity index (χ0n) is 15.8. The van der Waals surface area contributed by atoms with Crippen molar-refractivity contribution in [2.75, 3.05) is 11.9 Å². The van der Waals surface area contributed by atoms with Crippen molar-refractivity contribution in [2.24, 2.45) is 5.92 Å². The van der Waals surface area contributed by atoms with Gasteiger partial charge < -0.3 is 10.6 Å². The molecule has 0 spiro atoms. The van der Waals surface area contributed by atoms with E-state index < -0.39 is 17.6 Å². The van der Waals surface area contributed by atoms with Crippen LogP contribution < -0.4 is 10.6 Å². The van der Waals surface area contributed by atoms with Gasteiger partial charge in [-0.3, -0.25) is 4.79 Å². The van der Waals surface area contributed by atoms with Crippen molar-refractivity contribution in [2.45, 2.75) is 39.4 Å². The number of hydrogen-bond acceptors (Lipinski definition) is 1. The van der Waals surface area contributed by atoms with Gasteiger partial charge in [0.2, 0.25) is 0 Å². The summed E-state index contributed by atoms with van der Waals surface area (Å²) >= 11 is 0. The largest absolute Gasteiger partial charge is 0.418 e. The number of halogens is 3. The molecule has 0 aliphatic heterocycles. The van der Waals surface area contributed by atoms with E-state index in [1.807, 2.05) is 5.32 Å². The highest BCUT2D eigenvalue weighted by Crippen LogP contribution is 2.34. The van der Waals surface area contributed by atoms with Gasteiger partial charge in [-0.15, -0.1) is 0 Å². The van der Waals surface area contributed by atoms with Crippen molar-refractivity contribution >= 4 is 11.6 Å². The third-order valence-corrected chi connectivity index (χ3v) is 4.55. The number of hydrogen-bond donors (Lipinski definition) is 2. The van der Waals surface area contributed by atoms with Gasteiger partial charge in [0.15, 0.2) is 6.54 Å². The van der Waals surface area contributed by atoms with E-state index in [0.717, 1.165) is 18.1 Å². The van der Waals surface area contributed by atoms with Crippen LogP contribution in [0.2, 0.25) is 0 Å². The fourth-order valence-electron chi connectivity index (χ4n) is 3.04. The molecule has 2 aromatic rings. The Hall–Kier alpha value is -2.34. The van der Waals surface area contributed by atoms with E-state index in [4.69, 9.17) is 0 Å². The fraction of sp³-hybridized carbons (Fsp3) is 0.381. The van der Waals surface area contributed by atoms with Crippen molar-refractivity contribution in [3.05, 3.63) is 65.2 Å². The summed E-state index contributed by atoms with van der Waals surface area (Å²) in [6.45, 7) is 6.26. The van der Waals surface area contributed by atoms with E-state index in [0.29, 0.717) is 0 Å². The second kappa shape index (κ2) is 9.04. The number of benzene rings is 2. The topological polar surface area (TPSA) is 45.7 Å². The van der Waals surface area contributed by atoms with Crippen LogP contribution in [0.25, 0.3) is 0 Å². The van der Waals surface area contributed by atoms with Crippen LogP contribution in [-0.2, 0) is 17.4 Å². The lowest BCUT2D eigenvalue weighted by Gasteiger charge is -2.20. The molecule has 0 aliphatic rings. The Morgan fingerprint density at radius 2 is 1.70 bits per heavy atom. The Balaban J connectivity index is 2.04. The lowest BCUT2D eigenvalue weighted by Crippen LogP contribution is -2.88. The maximum atomic E-state index is 13.0. The number of amides is 1. The zero-order valence-corrected chi connectivity index (χ0v) is 15.8. The summed E-state index contributed by atoms with van der Waals surface area (Å²) in [5.41, 5.74) is 1.29. The number of anilines is 1. The summed E-state index contributed by atoms with van der Waals surface area (Å²) in [7, 11) is 0. The van der Waals surface area contributed by atoms with Gasteiger partial charge in [-0.1, -0.05) is 57.2 Å². The molecule has 0 aromatic heterocycles. The lowest BCUT2D eigenvalue weighted by molar-refractivity contribution is -0.692. The Bertz CT molecular complexity index is 755. The molecule has 0 fully saturated rings. The second-order valence-electron chi connectivity index (χ2n) is 6.90. The SMILES string of the molecule is CCc1ccc([C@H]([NH2+]CC(=O)Nc2ccccc2C(F)(F)F)C(C)C)cc1. The highest BCUT2D eigenvalue weighted by Gasteiger charge is 2.33. The van der Waals surface area contributed by atoms with Crippen LogP contribution in [0, 0.1) is 5.92 Å². The van der Waals surface area contributed by atoms with Gasteiger partial charge in [0, 0.05) is 11.5 Å². The molecule has 1 amide bonds. The third-order valence-electron chi connectivity index (χ3n) is 4.55. The van der Waals surface area contributed by atoms with E-state index >= 15 is 0 Å². The van der Waals surface area contributed by atoms with E-state index in [1.54, 1.807) is 0 Å². The van der Waals surface area contributed by atoms with Crippen LogP contribution in [0.3, 0.4) is 0 Å². The quantitative estimate of drug-likeness (QED) is 0.745. The molecule has 1 atom stereocenters. The summed E-state index contributed by atoms with van der Waals surface area (Å²) < 4.78 is 39.1. The van der Waals surface area contributed by atoms with Gasteiger partial charge >= 0.3 is 6.18 Å². The molecule has 0 bridgehead atoms. The van der Waals surface area contributed by atoms with E-state index in [1.165, 1.54) is 23.8 Å². The Kier molecular flexibility index (Phi) is 7.02. The van der Waals surface area contributed by atoms with Crippen LogP contribution in [0.4, 0.5) is 18.9 Å². The zero-order chi connectivity index (χ0) is 20.0. The van der Waals surface area contributed by atoms with Crippen LogP contribution in [0.1, 0.15) is 43.5 Å². The summed E-state index contributed by atoms with van der Waals surface area (Å²) in [5.74, 6) is -0.185. The first-order valence-corrected chi connectivity index (χ1v) is 9.10. The molecule has 0 unspecified atom stereocenters. The van der Waals surface area contributed by atoms with Gasteiger partial charge in [-0.05, 0) is 24.1 Å². The van der Waals surface area contributed by atoms with E-state index in [2.05, 4.69) is 50.4 Å². The first-order chi connectivity index (χ1) is 12.7. The molecule has 3 N–H and O–H groups in total.